The van der Waals surface area contributed by atoms with Crippen LogP contribution in [0, 0.1) is 0 Å². The molecule has 6 heteroatoms. The smallest absolute Gasteiger partial charge is 0.240 e. The van der Waals surface area contributed by atoms with Gasteiger partial charge in [-0.15, -0.1) is 0 Å². The Bertz CT molecular complexity index is 614. The van der Waals surface area contributed by atoms with Crippen LogP contribution < -0.4 is 9.47 Å². The van der Waals surface area contributed by atoms with Crippen LogP contribution in [0.5, 0.6) is 11.5 Å². The molecule has 1 aromatic carbocycles. The van der Waals surface area contributed by atoms with Crippen LogP contribution in [0.4, 0.5) is 0 Å². The second-order valence-electron chi connectivity index (χ2n) is 5.28. The van der Waals surface area contributed by atoms with Gasteiger partial charge >= 0.3 is 0 Å². The normalized spacial score (nSPS) is 17.0. The number of nitrogens with zero attached hydrogens (tertiary/aromatic N) is 3. The van der Waals surface area contributed by atoms with Gasteiger partial charge in [-0.25, -0.2) is 0 Å². The van der Waals surface area contributed by atoms with Crippen molar-refractivity contribution < 1.29 is 14.0 Å². The highest BCUT2D eigenvalue weighted by Gasteiger charge is 2.23. The minimum absolute atomic E-state index is 0.00316. The molecular formula is C16H21N3O3. The first-order valence-corrected chi connectivity index (χ1v) is 7.70. The summed E-state index contributed by atoms with van der Waals surface area (Å²) in [6.07, 6.45) is 0.787. The van der Waals surface area contributed by atoms with Gasteiger partial charge in [0.2, 0.25) is 5.89 Å². The fraction of sp³-hybridized carbons (Fsp3) is 0.500. The Morgan fingerprint density at radius 2 is 2.05 bits per heavy atom. The molecule has 6 nitrogen and oxygen atoms in total. The number of fused-ring (bicyclic) bond motifs is 1. The molecule has 0 saturated carbocycles. The van der Waals surface area contributed by atoms with Gasteiger partial charge in [-0.2, -0.15) is 4.98 Å². The first-order chi connectivity index (χ1) is 10.8. The van der Waals surface area contributed by atoms with Gasteiger partial charge in [-0.3, -0.25) is 4.90 Å². The average Bonchev–Trinajstić information content (AvgIpc) is 3.01. The van der Waals surface area contributed by atoms with Crippen molar-refractivity contribution in [1.29, 1.82) is 0 Å². The maximum absolute atomic E-state index is 6.00. The number of benzene rings is 1. The summed E-state index contributed by atoms with van der Waals surface area (Å²) in [6.45, 7) is 6.94. The number of aromatic nitrogens is 2. The van der Waals surface area contributed by atoms with E-state index in [4.69, 9.17) is 14.0 Å². The number of rotatable bonds is 6. The van der Waals surface area contributed by atoms with Gasteiger partial charge in [-0.1, -0.05) is 31.1 Å². The average molecular weight is 303 g/mol. The zero-order valence-electron chi connectivity index (χ0n) is 13.0. The lowest BCUT2D eigenvalue weighted by atomic mass is 10.2. The van der Waals surface area contributed by atoms with Gasteiger partial charge in [0.05, 0.1) is 6.54 Å². The fourth-order valence-electron chi connectivity index (χ4n) is 2.44. The summed E-state index contributed by atoms with van der Waals surface area (Å²) in [5, 5.41) is 3.93. The van der Waals surface area contributed by atoms with E-state index in [0.717, 1.165) is 36.8 Å². The standard InChI is InChI=1S/C16H21N3O3/c1-3-15-17-16(22-18-15)10-19(4-2)9-12-11-20-13-7-5-6-8-14(13)21-12/h5-8,12H,3-4,9-11H2,1-2H3. The third-order valence-electron chi connectivity index (χ3n) is 3.66. The molecule has 1 aliphatic rings. The summed E-state index contributed by atoms with van der Waals surface area (Å²) in [4.78, 5) is 6.57. The summed E-state index contributed by atoms with van der Waals surface area (Å²) >= 11 is 0. The van der Waals surface area contributed by atoms with Crippen molar-refractivity contribution in [1.82, 2.24) is 15.0 Å². The van der Waals surface area contributed by atoms with E-state index < -0.39 is 0 Å². The van der Waals surface area contributed by atoms with Crippen molar-refractivity contribution in [2.24, 2.45) is 0 Å². The highest BCUT2D eigenvalue weighted by atomic mass is 16.6. The third kappa shape index (κ3) is 3.39. The lowest BCUT2D eigenvalue weighted by molar-refractivity contribution is 0.0551. The Hall–Kier alpha value is -2.08. The van der Waals surface area contributed by atoms with Gasteiger partial charge in [0.15, 0.2) is 17.3 Å². The number of para-hydroxylation sites is 2. The van der Waals surface area contributed by atoms with E-state index >= 15 is 0 Å². The molecule has 2 heterocycles. The predicted molar refractivity (Wildman–Crippen MR) is 81.0 cm³/mol. The molecule has 0 N–H and O–H groups in total. The molecule has 1 unspecified atom stereocenters. The highest BCUT2D eigenvalue weighted by Crippen LogP contribution is 2.31. The van der Waals surface area contributed by atoms with Crippen molar-refractivity contribution in [3.05, 3.63) is 36.0 Å². The topological polar surface area (TPSA) is 60.6 Å². The van der Waals surface area contributed by atoms with Crippen LogP contribution in [0.15, 0.2) is 28.8 Å². The van der Waals surface area contributed by atoms with Crippen LogP contribution in [0.25, 0.3) is 0 Å². The Kier molecular flexibility index (Phi) is 4.58. The van der Waals surface area contributed by atoms with Crippen molar-refractivity contribution in [2.75, 3.05) is 19.7 Å². The van der Waals surface area contributed by atoms with E-state index in [1.807, 2.05) is 31.2 Å². The van der Waals surface area contributed by atoms with E-state index in [-0.39, 0.29) is 6.10 Å². The molecule has 0 aliphatic carbocycles. The van der Waals surface area contributed by atoms with E-state index in [0.29, 0.717) is 19.0 Å². The molecule has 0 radical (unpaired) electrons. The molecule has 22 heavy (non-hydrogen) atoms. The van der Waals surface area contributed by atoms with Gasteiger partial charge in [-0.05, 0) is 18.7 Å². The van der Waals surface area contributed by atoms with E-state index in [1.54, 1.807) is 0 Å². The molecule has 1 aromatic heterocycles. The van der Waals surface area contributed by atoms with Crippen LogP contribution in [0.1, 0.15) is 25.6 Å². The second-order valence-corrected chi connectivity index (χ2v) is 5.28. The number of ether oxygens (including phenoxy) is 2. The molecule has 3 rings (SSSR count). The lowest BCUT2D eigenvalue weighted by Gasteiger charge is -2.30. The number of hydrogen-bond acceptors (Lipinski definition) is 6. The van der Waals surface area contributed by atoms with Crippen LogP contribution in [0.2, 0.25) is 0 Å². The van der Waals surface area contributed by atoms with Crippen molar-refractivity contribution in [3.8, 4) is 11.5 Å². The summed E-state index contributed by atoms with van der Waals surface area (Å²) in [5.74, 6) is 3.01. The van der Waals surface area contributed by atoms with E-state index in [9.17, 15) is 0 Å². The minimum Gasteiger partial charge on any atom is -0.486 e. The summed E-state index contributed by atoms with van der Waals surface area (Å²) in [6, 6.07) is 7.76. The lowest BCUT2D eigenvalue weighted by Crippen LogP contribution is -2.40. The van der Waals surface area contributed by atoms with Crippen molar-refractivity contribution >= 4 is 0 Å². The number of aryl methyl sites for hydroxylation is 1. The molecule has 0 bridgehead atoms. The molecule has 118 valence electrons. The van der Waals surface area contributed by atoms with Crippen molar-refractivity contribution in [2.45, 2.75) is 32.9 Å². The molecule has 2 aromatic rings. The van der Waals surface area contributed by atoms with E-state index in [2.05, 4.69) is 22.0 Å². The zero-order valence-corrected chi connectivity index (χ0v) is 13.0. The van der Waals surface area contributed by atoms with Crippen LogP contribution in [0.3, 0.4) is 0 Å². The zero-order chi connectivity index (χ0) is 15.4. The van der Waals surface area contributed by atoms with Gasteiger partial charge in [0.1, 0.15) is 12.7 Å². The number of likely N-dealkylation sites (N-methyl/N-ethyl adjacent to an activating group) is 1. The Labute approximate surface area is 130 Å². The molecule has 1 atom stereocenters. The number of hydrogen-bond donors (Lipinski definition) is 0. The molecule has 0 spiro atoms. The summed E-state index contributed by atoms with van der Waals surface area (Å²) < 4.78 is 17.0. The van der Waals surface area contributed by atoms with Gasteiger partial charge < -0.3 is 14.0 Å². The Morgan fingerprint density at radius 3 is 2.77 bits per heavy atom. The molecule has 1 aliphatic heterocycles. The predicted octanol–water partition coefficient (Wildman–Crippen LogP) is 2.29. The maximum atomic E-state index is 6.00. The quantitative estimate of drug-likeness (QED) is 0.816. The fourth-order valence-corrected chi connectivity index (χ4v) is 2.44. The van der Waals surface area contributed by atoms with Crippen molar-refractivity contribution in [3.63, 3.8) is 0 Å². The Balaban J connectivity index is 1.59. The second kappa shape index (κ2) is 6.79. The molecule has 0 amide bonds. The summed E-state index contributed by atoms with van der Waals surface area (Å²) in [5.41, 5.74) is 0. The van der Waals surface area contributed by atoms with Gasteiger partial charge in [0.25, 0.3) is 0 Å². The molecule has 0 saturated heterocycles. The third-order valence-corrected chi connectivity index (χ3v) is 3.66. The Morgan fingerprint density at radius 1 is 1.23 bits per heavy atom. The van der Waals surface area contributed by atoms with Crippen LogP contribution >= 0.6 is 0 Å². The monoisotopic (exact) mass is 303 g/mol. The highest BCUT2D eigenvalue weighted by molar-refractivity contribution is 5.40. The molecular weight excluding hydrogens is 282 g/mol. The summed E-state index contributed by atoms with van der Waals surface area (Å²) in [7, 11) is 0. The molecule has 0 fully saturated rings. The van der Waals surface area contributed by atoms with Gasteiger partial charge in [0, 0.05) is 13.0 Å². The van der Waals surface area contributed by atoms with Crippen LogP contribution in [-0.4, -0.2) is 40.8 Å². The first-order valence-electron chi connectivity index (χ1n) is 7.70. The maximum Gasteiger partial charge on any atom is 0.240 e. The van der Waals surface area contributed by atoms with Crippen LogP contribution in [-0.2, 0) is 13.0 Å². The van der Waals surface area contributed by atoms with E-state index in [1.165, 1.54) is 0 Å². The minimum atomic E-state index is 0.00316. The largest absolute Gasteiger partial charge is 0.486 e. The first kappa shape index (κ1) is 14.8. The SMILES string of the molecule is CCc1noc(CN(CC)CC2COc3ccccc3O2)n1.